The van der Waals surface area contributed by atoms with Crippen LogP contribution in [-0.2, 0) is 19.6 Å². The van der Waals surface area contributed by atoms with Crippen LogP contribution in [0.5, 0.6) is 0 Å². The summed E-state index contributed by atoms with van der Waals surface area (Å²) in [6, 6.07) is 9.81. The lowest BCUT2D eigenvalue weighted by Gasteiger charge is -2.11. The predicted octanol–water partition coefficient (Wildman–Crippen LogP) is 1.66. The molecule has 2 aromatic carbocycles. The standard InChI is InChI=1S/C16H15FN2O5S/c1-10(15(18)20)24-16(21)11-3-2-4-14(9-11)25(22,23)19-13-7-5-12(17)6-8-13/h2-10,19H,1H3,(H2,18,20)/t10-/m0/s1. The maximum absolute atomic E-state index is 12.9. The van der Waals surface area contributed by atoms with Crippen LogP contribution in [0, 0.1) is 5.82 Å². The van der Waals surface area contributed by atoms with Crippen molar-refractivity contribution in [1.82, 2.24) is 0 Å². The molecule has 3 N–H and O–H groups in total. The Kier molecular flexibility index (Phi) is 5.38. The van der Waals surface area contributed by atoms with E-state index in [4.69, 9.17) is 10.5 Å². The predicted molar refractivity (Wildman–Crippen MR) is 87.7 cm³/mol. The molecule has 0 aliphatic carbocycles. The molecule has 0 aromatic heterocycles. The van der Waals surface area contributed by atoms with Gasteiger partial charge in [-0.05, 0) is 49.4 Å². The minimum atomic E-state index is -4.00. The zero-order chi connectivity index (χ0) is 18.6. The molecule has 0 radical (unpaired) electrons. The van der Waals surface area contributed by atoms with Gasteiger partial charge in [-0.2, -0.15) is 0 Å². The third-order valence-electron chi connectivity index (χ3n) is 3.16. The molecule has 9 heteroatoms. The van der Waals surface area contributed by atoms with Crippen molar-refractivity contribution >= 4 is 27.6 Å². The van der Waals surface area contributed by atoms with E-state index in [2.05, 4.69) is 4.72 Å². The van der Waals surface area contributed by atoms with E-state index in [0.717, 1.165) is 18.2 Å². The number of amides is 1. The molecule has 0 unspecified atom stereocenters. The number of benzene rings is 2. The SMILES string of the molecule is C[C@H](OC(=O)c1cccc(S(=O)(=O)Nc2ccc(F)cc2)c1)C(N)=O. The summed E-state index contributed by atoms with van der Waals surface area (Å²) < 4.78 is 44.7. The number of nitrogens with two attached hydrogens (primary N) is 1. The molecule has 7 nitrogen and oxygen atoms in total. The number of hydrogen-bond donors (Lipinski definition) is 2. The highest BCUT2D eigenvalue weighted by atomic mass is 32.2. The van der Waals surface area contributed by atoms with E-state index in [1.54, 1.807) is 0 Å². The maximum Gasteiger partial charge on any atom is 0.338 e. The second-order valence-corrected chi connectivity index (χ2v) is 6.77. The molecule has 132 valence electrons. The van der Waals surface area contributed by atoms with E-state index < -0.39 is 33.8 Å². The molecule has 2 rings (SSSR count). The van der Waals surface area contributed by atoms with E-state index in [9.17, 15) is 22.4 Å². The second-order valence-electron chi connectivity index (χ2n) is 5.09. The second kappa shape index (κ2) is 7.31. The van der Waals surface area contributed by atoms with Crippen molar-refractivity contribution in [2.45, 2.75) is 17.9 Å². The first-order valence-electron chi connectivity index (χ1n) is 7.08. The van der Waals surface area contributed by atoms with Crippen LogP contribution in [0.15, 0.2) is 53.4 Å². The Morgan fingerprint density at radius 2 is 1.80 bits per heavy atom. The molecule has 1 atom stereocenters. The molecule has 0 aliphatic heterocycles. The average Bonchev–Trinajstić information content (AvgIpc) is 2.56. The highest BCUT2D eigenvalue weighted by Gasteiger charge is 2.20. The molecule has 0 bridgehead atoms. The Hall–Kier alpha value is -2.94. The van der Waals surface area contributed by atoms with Crippen LogP contribution >= 0.6 is 0 Å². The van der Waals surface area contributed by atoms with Gasteiger partial charge < -0.3 is 10.5 Å². The van der Waals surface area contributed by atoms with Gasteiger partial charge in [-0.25, -0.2) is 17.6 Å². The average molecular weight is 366 g/mol. The quantitative estimate of drug-likeness (QED) is 0.754. The lowest BCUT2D eigenvalue weighted by atomic mass is 10.2. The van der Waals surface area contributed by atoms with E-state index in [1.807, 2.05) is 0 Å². The number of sulfonamides is 1. The summed E-state index contributed by atoms with van der Waals surface area (Å²) in [7, 11) is -4.00. The third kappa shape index (κ3) is 4.77. The number of carbonyl (C=O) groups excluding carboxylic acids is 2. The Bertz CT molecular complexity index is 897. The van der Waals surface area contributed by atoms with Gasteiger partial charge in [-0.1, -0.05) is 6.07 Å². The Balaban J connectivity index is 2.23. The van der Waals surface area contributed by atoms with Gasteiger partial charge in [0.2, 0.25) is 0 Å². The Morgan fingerprint density at radius 3 is 2.40 bits per heavy atom. The first-order chi connectivity index (χ1) is 11.7. The van der Waals surface area contributed by atoms with Crippen LogP contribution < -0.4 is 10.5 Å². The van der Waals surface area contributed by atoms with Gasteiger partial charge in [-0.3, -0.25) is 9.52 Å². The van der Waals surface area contributed by atoms with Crippen molar-refractivity contribution in [3.63, 3.8) is 0 Å². The van der Waals surface area contributed by atoms with Crippen LogP contribution in [0.25, 0.3) is 0 Å². The lowest BCUT2D eigenvalue weighted by molar-refractivity contribution is -0.125. The van der Waals surface area contributed by atoms with Crippen LogP contribution in [-0.4, -0.2) is 26.4 Å². The van der Waals surface area contributed by atoms with Gasteiger partial charge in [0.15, 0.2) is 6.10 Å². The summed E-state index contributed by atoms with van der Waals surface area (Å²) in [6.45, 7) is 1.30. The first-order valence-corrected chi connectivity index (χ1v) is 8.56. The summed E-state index contributed by atoms with van der Waals surface area (Å²) >= 11 is 0. The highest BCUT2D eigenvalue weighted by molar-refractivity contribution is 7.92. The van der Waals surface area contributed by atoms with Crippen molar-refractivity contribution in [2.24, 2.45) is 5.73 Å². The smallest absolute Gasteiger partial charge is 0.338 e. The number of primary amides is 1. The van der Waals surface area contributed by atoms with Gasteiger partial charge in [0.25, 0.3) is 15.9 Å². The zero-order valence-corrected chi connectivity index (χ0v) is 13.9. The monoisotopic (exact) mass is 366 g/mol. The molecule has 2 aromatic rings. The number of anilines is 1. The van der Waals surface area contributed by atoms with E-state index in [-0.39, 0.29) is 16.1 Å². The highest BCUT2D eigenvalue weighted by Crippen LogP contribution is 2.18. The molecular formula is C16H15FN2O5S. The summed E-state index contributed by atoms with van der Waals surface area (Å²) in [5, 5.41) is 0. The summed E-state index contributed by atoms with van der Waals surface area (Å²) in [5.41, 5.74) is 5.11. The van der Waals surface area contributed by atoms with Crippen molar-refractivity contribution in [3.05, 3.63) is 59.9 Å². The Morgan fingerprint density at radius 1 is 1.16 bits per heavy atom. The van der Waals surface area contributed by atoms with Crippen molar-refractivity contribution < 1.29 is 27.1 Å². The van der Waals surface area contributed by atoms with Crippen molar-refractivity contribution in [3.8, 4) is 0 Å². The molecule has 0 fully saturated rings. The number of halogens is 1. The molecule has 0 aliphatic rings. The lowest BCUT2D eigenvalue weighted by Crippen LogP contribution is -2.30. The maximum atomic E-state index is 12.9. The largest absolute Gasteiger partial charge is 0.449 e. The minimum absolute atomic E-state index is 0.0601. The van der Waals surface area contributed by atoms with E-state index in [0.29, 0.717) is 0 Å². The van der Waals surface area contributed by atoms with Gasteiger partial charge in [0.1, 0.15) is 5.82 Å². The number of esters is 1. The van der Waals surface area contributed by atoms with Gasteiger partial charge in [0.05, 0.1) is 10.5 Å². The topological polar surface area (TPSA) is 116 Å². The molecule has 1 amide bonds. The van der Waals surface area contributed by atoms with Crippen molar-refractivity contribution in [1.29, 1.82) is 0 Å². The molecule has 25 heavy (non-hydrogen) atoms. The third-order valence-corrected chi connectivity index (χ3v) is 4.54. The van der Waals surface area contributed by atoms with Crippen LogP contribution in [0.4, 0.5) is 10.1 Å². The van der Waals surface area contributed by atoms with Crippen LogP contribution in [0.2, 0.25) is 0 Å². The Labute approximate surface area is 143 Å². The zero-order valence-electron chi connectivity index (χ0n) is 13.1. The molecule has 0 spiro atoms. The van der Waals surface area contributed by atoms with Gasteiger partial charge >= 0.3 is 5.97 Å². The summed E-state index contributed by atoms with van der Waals surface area (Å²) in [4.78, 5) is 22.7. The molecule has 0 saturated carbocycles. The first kappa shape index (κ1) is 18.4. The fourth-order valence-electron chi connectivity index (χ4n) is 1.81. The number of rotatable bonds is 6. The number of carbonyl (C=O) groups is 2. The van der Waals surface area contributed by atoms with Crippen LogP contribution in [0.3, 0.4) is 0 Å². The summed E-state index contributed by atoms with van der Waals surface area (Å²) in [6.07, 6.45) is -1.15. The van der Waals surface area contributed by atoms with Gasteiger partial charge in [-0.15, -0.1) is 0 Å². The fraction of sp³-hybridized carbons (Fsp3) is 0.125. The fourth-order valence-corrected chi connectivity index (χ4v) is 2.91. The number of hydrogen-bond acceptors (Lipinski definition) is 5. The van der Waals surface area contributed by atoms with E-state index >= 15 is 0 Å². The molecule has 0 heterocycles. The minimum Gasteiger partial charge on any atom is -0.449 e. The van der Waals surface area contributed by atoms with E-state index in [1.165, 1.54) is 37.3 Å². The van der Waals surface area contributed by atoms with Gasteiger partial charge in [0, 0.05) is 5.69 Å². The molecule has 0 saturated heterocycles. The molecular weight excluding hydrogens is 351 g/mol. The van der Waals surface area contributed by atoms with Crippen LogP contribution in [0.1, 0.15) is 17.3 Å². The number of ether oxygens (including phenoxy) is 1. The normalized spacial score (nSPS) is 12.2. The van der Waals surface area contributed by atoms with Crippen molar-refractivity contribution in [2.75, 3.05) is 4.72 Å². The number of nitrogens with one attached hydrogen (secondary N) is 1. The summed E-state index contributed by atoms with van der Waals surface area (Å²) in [5.74, 6) is -2.21.